The fourth-order valence-corrected chi connectivity index (χ4v) is 3.66. The summed E-state index contributed by atoms with van der Waals surface area (Å²) in [4.78, 5) is 5.11. The van der Waals surface area contributed by atoms with Crippen LogP contribution in [-0.2, 0) is 0 Å². The Hall–Kier alpha value is -0.0800. The molecule has 2 unspecified atom stereocenters. The monoisotopic (exact) mass is 210 g/mol. The highest BCUT2D eigenvalue weighted by Crippen LogP contribution is 2.54. The Morgan fingerprint density at radius 3 is 2.27 bits per heavy atom. The minimum absolute atomic E-state index is 0.347. The molecule has 1 saturated carbocycles. The highest BCUT2D eigenvalue weighted by molar-refractivity contribution is 5.12. The second kappa shape index (κ2) is 3.46. The van der Waals surface area contributed by atoms with Crippen LogP contribution in [0, 0.1) is 11.8 Å². The molecule has 1 heterocycles. The Kier molecular flexibility index (Phi) is 2.63. The molecule has 1 aliphatic carbocycles. The van der Waals surface area contributed by atoms with Crippen molar-refractivity contribution in [1.29, 1.82) is 0 Å². The zero-order valence-electron chi connectivity index (χ0n) is 11.1. The number of nitrogens with zero attached hydrogens (tertiary/aromatic N) is 2. The van der Waals surface area contributed by atoms with Crippen molar-refractivity contribution in [3.63, 3.8) is 0 Å². The highest BCUT2D eigenvalue weighted by atomic mass is 15.3. The van der Waals surface area contributed by atoms with E-state index in [9.17, 15) is 0 Å². The molecule has 0 aromatic rings. The average molecular weight is 210 g/mol. The molecule has 15 heavy (non-hydrogen) atoms. The van der Waals surface area contributed by atoms with Gasteiger partial charge in [-0.15, -0.1) is 0 Å². The van der Waals surface area contributed by atoms with Crippen LogP contribution in [0.1, 0.15) is 34.1 Å². The third-order valence-corrected chi connectivity index (χ3v) is 4.12. The van der Waals surface area contributed by atoms with Crippen LogP contribution in [0.4, 0.5) is 0 Å². The quantitative estimate of drug-likeness (QED) is 0.688. The second-order valence-electron chi connectivity index (χ2n) is 6.71. The first-order chi connectivity index (χ1) is 6.82. The van der Waals surface area contributed by atoms with Crippen molar-refractivity contribution in [2.24, 2.45) is 11.8 Å². The summed E-state index contributed by atoms with van der Waals surface area (Å²) in [5.74, 6) is 1.88. The predicted molar refractivity (Wildman–Crippen MR) is 65.0 cm³/mol. The van der Waals surface area contributed by atoms with Crippen molar-refractivity contribution < 1.29 is 0 Å². The molecule has 1 saturated heterocycles. The second-order valence-corrected chi connectivity index (χ2v) is 6.71. The molecule has 0 amide bonds. The molecular formula is C13H26N2. The smallest absolute Gasteiger partial charge is 0.0139 e. The lowest BCUT2D eigenvalue weighted by molar-refractivity contribution is 0.0813. The molecular weight excluding hydrogens is 184 g/mol. The number of rotatable bonds is 2. The van der Waals surface area contributed by atoms with Crippen LogP contribution in [0.2, 0.25) is 0 Å². The van der Waals surface area contributed by atoms with E-state index >= 15 is 0 Å². The Morgan fingerprint density at radius 1 is 1.27 bits per heavy atom. The molecule has 0 bridgehead atoms. The Bertz CT molecular complexity index is 241. The maximum Gasteiger partial charge on any atom is 0.0139 e. The van der Waals surface area contributed by atoms with Gasteiger partial charge in [0.25, 0.3) is 0 Å². The summed E-state index contributed by atoms with van der Waals surface area (Å²) in [6.07, 6.45) is 1.44. The Balaban J connectivity index is 2.08. The lowest BCUT2D eigenvalue weighted by Gasteiger charge is -2.40. The van der Waals surface area contributed by atoms with Crippen molar-refractivity contribution in [3.05, 3.63) is 0 Å². The third kappa shape index (κ3) is 1.94. The topological polar surface area (TPSA) is 6.48 Å². The first-order valence-electron chi connectivity index (χ1n) is 6.25. The van der Waals surface area contributed by atoms with Crippen LogP contribution in [0.15, 0.2) is 0 Å². The molecule has 4 atom stereocenters. The van der Waals surface area contributed by atoms with Crippen LogP contribution in [-0.4, -0.2) is 48.1 Å². The maximum atomic E-state index is 2.76. The maximum absolute atomic E-state index is 2.76. The molecule has 1 aliphatic heterocycles. The van der Waals surface area contributed by atoms with Gasteiger partial charge in [-0.25, -0.2) is 0 Å². The largest absolute Gasteiger partial charge is 0.309 e. The molecule has 88 valence electrons. The van der Waals surface area contributed by atoms with Crippen molar-refractivity contribution in [3.8, 4) is 0 Å². The van der Waals surface area contributed by atoms with Crippen molar-refractivity contribution in [2.45, 2.75) is 51.7 Å². The van der Waals surface area contributed by atoms with Crippen molar-refractivity contribution >= 4 is 0 Å². The van der Waals surface area contributed by atoms with Gasteiger partial charge in [-0.3, -0.25) is 4.90 Å². The number of fused-ring (bicyclic) bond motifs is 1. The summed E-state index contributed by atoms with van der Waals surface area (Å²) in [6.45, 7) is 10.8. The van der Waals surface area contributed by atoms with E-state index in [2.05, 4.69) is 51.6 Å². The molecule has 2 rings (SSSR count). The van der Waals surface area contributed by atoms with E-state index in [1.807, 2.05) is 0 Å². The normalized spacial score (nSPS) is 41.0. The lowest BCUT2D eigenvalue weighted by atomic mass is 9.95. The SMILES string of the molecule is C[C@@H]1C(CN(C)C)[C@H]2CC2N1C(C)(C)C. The first-order valence-corrected chi connectivity index (χ1v) is 6.25. The van der Waals surface area contributed by atoms with Gasteiger partial charge in [0.1, 0.15) is 0 Å². The van der Waals surface area contributed by atoms with E-state index in [0.717, 1.165) is 23.9 Å². The van der Waals surface area contributed by atoms with Gasteiger partial charge in [-0.1, -0.05) is 0 Å². The Morgan fingerprint density at radius 2 is 1.87 bits per heavy atom. The van der Waals surface area contributed by atoms with Gasteiger partial charge in [0.2, 0.25) is 0 Å². The lowest BCUT2D eigenvalue weighted by Crippen LogP contribution is -2.48. The predicted octanol–water partition coefficient (Wildman–Crippen LogP) is 2.06. The summed E-state index contributed by atoms with van der Waals surface area (Å²) < 4.78 is 0. The number of likely N-dealkylation sites (tertiary alicyclic amines) is 1. The molecule has 2 nitrogen and oxygen atoms in total. The summed E-state index contributed by atoms with van der Waals surface area (Å²) in [6, 6.07) is 1.65. The first kappa shape index (κ1) is 11.4. The van der Waals surface area contributed by atoms with Crippen LogP contribution >= 0.6 is 0 Å². The average Bonchev–Trinajstić information content (AvgIpc) is 2.72. The van der Waals surface area contributed by atoms with E-state index in [1.54, 1.807) is 0 Å². The number of hydrogen-bond acceptors (Lipinski definition) is 2. The van der Waals surface area contributed by atoms with Crippen LogP contribution < -0.4 is 0 Å². The van der Waals surface area contributed by atoms with Gasteiger partial charge < -0.3 is 4.90 Å². The van der Waals surface area contributed by atoms with Gasteiger partial charge in [-0.2, -0.15) is 0 Å². The van der Waals surface area contributed by atoms with E-state index in [1.165, 1.54) is 13.0 Å². The molecule has 2 fully saturated rings. The highest BCUT2D eigenvalue weighted by Gasteiger charge is 2.59. The van der Waals surface area contributed by atoms with Crippen LogP contribution in [0.3, 0.4) is 0 Å². The van der Waals surface area contributed by atoms with E-state index in [-0.39, 0.29) is 0 Å². The summed E-state index contributed by atoms with van der Waals surface area (Å²) in [5, 5.41) is 0. The van der Waals surface area contributed by atoms with E-state index in [4.69, 9.17) is 0 Å². The standard InChI is InChI=1S/C13H26N2/c1-9-11(8-14(5)6)10-7-12(10)15(9)13(2,3)4/h9-12H,7-8H2,1-6H3/t9-,10-,11?,12?/m1/s1. The molecule has 0 radical (unpaired) electrons. The molecule has 0 spiro atoms. The van der Waals surface area contributed by atoms with Crippen LogP contribution in [0.25, 0.3) is 0 Å². The van der Waals surface area contributed by atoms with Crippen LogP contribution in [0.5, 0.6) is 0 Å². The van der Waals surface area contributed by atoms with E-state index < -0.39 is 0 Å². The molecule has 2 aliphatic rings. The Labute approximate surface area is 94.6 Å². The van der Waals surface area contributed by atoms with Gasteiger partial charge in [-0.05, 0) is 60.0 Å². The zero-order valence-corrected chi connectivity index (χ0v) is 11.1. The fraction of sp³-hybridized carbons (Fsp3) is 1.00. The fourth-order valence-electron chi connectivity index (χ4n) is 3.66. The zero-order chi connectivity index (χ0) is 11.4. The summed E-state index contributed by atoms with van der Waals surface area (Å²) >= 11 is 0. The van der Waals surface area contributed by atoms with Gasteiger partial charge >= 0.3 is 0 Å². The summed E-state index contributed by atoms with van der Waals surface area (Å²) in [5.41, 5.74) is 0.347. The third-order valence-electron chi connectivity index (χ3n) is 4.12. The number of piperidine rings is 1. The minimum atomic E-state index is 0.347. The van der Waals surface area contributed by atoms with E-state index in [0.29, 0.717) is 5.54 Å². The minimum Gasteiger partial charge on any atom is -0.309 e. The molecule has 0 aromatic heterocycles. The number of hydrogen-bond donors (Lipinski definition) is 0. The molecule has 0 N–H and O–H groups in total. The summed E-state index contributed by atoms with van der Waals surface area (Å²) in [7, 11) is 4.40. The van der Waals surface area contributed by atoms with Gasteiger partial charge in [0.15, 0.2) is 0 Å². The molecule has 2 heteroatoms. The van der Waals surface area contributed by atoms with Crippen molar-refractivity contribution in [1.82, 2.24) is 9.80 Å². The molecule has 0 aromatic carbocycles. The van der Waals surface area contributed by atoms with Crippen molar-refractivity contribution in [2.75, 3.05) is 20.6 Å². The van der Waals surface area contributed by atoms with Gasteiger partial charge in [0.05, 0.1) is 0 Å². The van der Waals surface area contributed by atoms with Gasteiger partial charge in [0, 0.05) is 24.2 Å².